The number of nitrogens with one attached hydrogen (secondary N) is 2. The highest BCUT2D eigenvalue weighted by Crippen LogP contribution is 2.20. The molecule has 4 N–H and O–H groups in total. The first-order valence-corrected chi connectivity index (χ1v) is 13.0. The summed E-state index contributed by atoms with van der Waals surface area (Å²) in [6, 6.07) is 13.2. The Morgan fingerprint density at radius 1 is 1.11 bits per heavy atom. The maximum absolute atomic E-state index is 13.9. The molecule has 0 fully saturated rings. The molecular weight excluding hydrogens is 494 g/mol. The van der Waals surface area contributed by atoms with E-state index < -0.39 is 27.5 Å². The zero-order valence-corrected chi connectivity index (χ0v) is 20.8. The van der Waals surface area contributed by atoms with E-state index in [-0.39, 0.29) is 29.3 Å². The van der Waals surface area contributed by atoms with E-state index in [1.165, 1.54) is 17.0 Å². The average Bonchev–Trinajstić information content (AvgIpc) is 2.86. The SMILES string of the molecule is C[C@@H](NC(=O)c1nccnc1N)c1nc2cccc(C#CCNS(C)(=O)=O)c2c(=O)n1-c1ccccc1. The van der Waals surface area contributed by atoms with Crippen LogP contribution in [0.15, 0.2) is 65.7 Å². The van der Waals surface area contributed by atoms with Gasteiger partial charge in [0.05, 0.1) is 35.4 Å². The van der Waals surface area contributed by atoms with Crippen molar-refractivity contribution in [2.45, 2.75) is 13.0 Å². The molecule has 37 heavy (non-hydrogen) atoms. The highest BCUT2D eigenvalue weighted by Gasteiger charge is 2.22. The van der Waals surface area contributed by atoms with Gasteiger partial charge in [0.2, 0.25) is 10.0 Å². The first kappa shape index (κ1) is 25.5. The van der Waals surface area contributed by atoms with Crippen molar-refractivity contribution in [1.29, 1.82) is 0 Å². The van der Waals surface area contributed by atoms with Crippen LogP contribution in [0, 0.1) is 11.8 Å². The zero-order valence-electron chi connectivity index (χ0n) is 20.0. The number of hydrogen-bond acceptors (Lipinski definition) is 8. The quantitative estimate of drug-likeness (QED) is 0.321. The molecule has 0 saturated heterocycles. The fraction of sp³-hybridized carbons (Fsp3) is 0.160. The van der Waals surface area contributed by atoms with Gasteiger partial charge in [0.1, 0.15) is 5.82 Å². The lowest BCUT2D eigenvalue weighted by Gasteiger charge is -2.20. The van der Waals surface area contributed by atoms with Gasteiger partial charge in [0.15, 0.2) is 11.5 Å². The van der Waals surface area contributed by atoms with Gasteiger partial charge in [-0.25, -0.2) is 28.1 Å². The Hall–Kier alpha value is -4.60. The summed E-state index contributed by atoms with van der Waals surface area (Å²) in [4.78, 5) is 39.3. The van der Waals surface area contributed by atoms with Gasteiger partial charge in [0.25, 0.3) is 11.5 Å². The second kappa shape index (κ2) is 10.6. The number of carbonyl (C=O) groups is 1. The third-order valence-electron chi connectivity index (χ3n) is 5.26. The molecular formula is C25H23N7O4S. The Kier molecular flexibility index (Phi) is 7.28. The standard InChI is InChI=1S/C25H23N7O4S/c1-16(30-24(33)21-22(26)28-15-14-27-21)23-31-19-12-6-8-17(9-7-13-29-37(2,35)36)20(19)25(34)32(23)18-10-4-3-5-11-18/h3-6,8,10-12,14-16,29H,13H2,1-2H3,(H2,26,28)(H,30,33)/t16-/m1/s1. The molecule has 188 valence electrons. The van der Waals surface area contributed by atoms with Crippen molar-refractivity contribution in [1.82, 2.24) is 29.6 Å². The average molecular weight is 518 g/mol. The van der Waals surface area contributed by atoms with E-state index >= 15 is 0 Å². The Balaban J connectivity index is 1.83. The number of fused-ring (bicyclic) bond motifs is 1. The van der Waals surface area contributed by atoms with Crippen LogP contribution in [0.2, 0.25) is 0 Å². The second-order valence-corrected chi connectivity index (χ2v) is 9.86. The number of carbonyl (C=O) groups excluding carboxylic acids is 1. The van der Waals surface area contributed by atoms with Crippen LogP contribution in [0.1, 0.15) is 34.8 Å². The first-order valence-electron chi connectivity index (χ1n) is 11.1. The summed E-state index contributed by atoms with van der Waals surface area (Å²) in [5.41, 5.74) is 6.66. The number of nitrogens with zero attached hydrogens (tertiary/aromatic N) is 4. The number of benzene rings is 2. The predicted octanol–water partition coefficient (Wildman–Crippen LogP) is 1.15. The minimum Gasteiger partial charge on any atom is -0.382 e. The second-order valence-electron chi connectivity index (χ2n) is 8.03. The fourth-order valence-electron chi connectivity index (χ4n) is 3.63. The van der Waals surface area contributed by atoms with Crippen molar-refractivity contribution < 1.29 is 13.2 Å². The highest BCUT2D eigenvalue weighted by molar-refractivity contribution is 7.88. The molecule has 2 aromatic carbocycles. The number of aromatic nitrogens is 4. The zero-order chi connectivity index (χ0) is 26.6. The smallest absolute Gasteiger partial charge is 0.274 e. The molecule has 2 heterocycles. The molecule has 1 amide bonds. The molecule has 0 radical (unpaired) electrons. The van der Waals surface area contributed by atoms with Crippen molar-refractivity contribution in [3.63, 3.8) is 0 Å². The summed E-state index contributed by atoms with van der Waals surface area (Å²) in [5, 5.41) is 3.05. The van der Waals surface area contributed by atoms with Crippen LogP contribution in [0.25, 0.3) is 16.6 Å². The Labute approximate surface area is 212 Å². The van der Waals surface area contributed by atoms with E-state index in [1.54, 1.807) is 49.4 Å². The van der Waals surface area contributed by atoms with E-state index in [0.29, 0.717) is 16.8 Å². The van der Waals surface area contributed by atoms with Crippen LogP contribution < -0.4 is 21.3 Å². The summed E-state index contributed by atoms with van der Waals surface area (Å²) in [6.07, 6.45) is 3.78. The number of nitrogens with two attached hydrogens (primary N) is 1. The molecule has 4 rings (SSSR count). The van der Waals surface area contributed by atoms with Crippen molar-refractivity contribution >= 4 is 32.7 Å². The third-order valence-corrected chi connectivity index (χ3v) is 5.93. The molecule has 4 aromatic rings. The molecule has 0 saturated carbocycles. The van der Waals surface area contributed by atoms with Gasteiger partial charge < -0.3 is 11.1 Å². The molecule has 11 nitrogen and oxygen atoms in total. The third kappa shape index (κ3) is 5.80. The molecule has 12 heteroatoms. The van der Waals surface area contributed by atoms with Gasteiger partial charge in [-0.05, 0) is 31.2 Å². The summed E-state index contributed by atoms with van der Waals surface area (Å²) >= 11 is 0. The summed E-state index contributed by atoms with van der Waals surface area (Å²) < 4.78 is 26.3. The van der Waals surface area contributed by atoms with E-state index in [1.807, 2.05) is 6.07 Å². The van der Waals surface area contributed by atoms with Gasteiger partial charge in [-0.2, -0.15) is 0 Å². The van der Waals surface area contributed by atoms with Crippen LogP contribution in [-0.4, -0.2) is 46.6 Å². The maximum Gasteiger partial charge on any atom is 0.274 e. The number of para-hydroxylation sites is 1. The highest BCUT2D eigenvalue weighted by atomic mass is 32.2. The lowest BCUT2D eigenvalue weighted by Crippen LogP contribution is -2.34. The fourth-order valence-corrected chi connectivity index (χ4v) is 3.96. The molecule has 0 aliphatic heterocycles. The first-order chi connectivity index (χ1) is 17.7. The lowest BCUT2D eigenvalue weighted by atomic mass is 10.1. The summed E-state index contributed by atoms with van der Waals surface area (Å²) in [5.74, 6) is 5.28. The van der Waals surface area contributed by atoms with Gasteiger partial charge in [-0.3, -0.25) is 14.2 Å². The van der Waals surface area contributed by atoms with Gasteiger partial charge in [-0.1, -0.05) is 36.1 Å². The number of hydrogen-bond donors (Lipinski definition) is 3. The Morgan fingerprint density at radius 2 is 1.84 bits per heavy atom. The predicted molar refractivity (Wildman–Crippen MR) is 139 cm³/mol. The maximum atomic E-state index is 13.9. The van der Waals surface area contributed by atoms with E-state index in [4.69, 9.17) is 10.7 Å². The molecule has 0 unspecified atom stereocenters. The summed E-state index contributed by atoms with van der Waals surface area (Å²) in [7, 11) is -3.40. The van der Waals surface area contributed by atoms with E-state index in [2.05, 4.69) is 31.8 Å². The van der Waals surface area contributed by atoms with Crippen LogP contribution in [-0.2, 0) is 10.0 Å². The minimum absolute atomic E-state index is 0.0206. The summed E-state index contributed by atoms with van der Waals surface area (Å²) in [6.45, 7) is 1.58. The normalized spacial score (nSPS) is 11.9. The van der Waals surface area contributed by atoms with Crippen molar-refractivity contribution in [2.24, 2.45) is 0 Å². The molecule has 0 bridgehead atoms. The van der Waals surface area contributed by atoms with Crippen LogP contribution in [0.4, 0.5) is 5.82 Å². The molecule has 0 spiro atoms. The van der Waals surface area contributed by atoms with Crippen molar-refractivity contribution in [3.8, 4) is 17.5 Å². The molecule has 2 aromatic heterocycles. The molecule has 1 atom stereocenters. The van der Waals surface area contributed by atoms with E-state index in [9.17, 15) is 18.0 Å². The van der Waals surface area contributed by atoms with Gasteiger partial charge in [0, 0.05) is 18.0 Å². The topological polar surface area (TPSA) is 162 Å². The largest absolute Gasteiger partial charge is 0.382 e. The Bertz CT molecular complexity index is 1710. The molecule has 0 aliphatic carbocycles. The lowest BCUT2D eigenvalue weighted by molar-refractivity contribution is 0.0933. The van der Waals surface area contributed by atoms with Gasteiger partial charge >= 0.3 is 0 Å². The number of rotatable bonds is 6. The monoisotopic (exact) mass is 517 g/mol. The van der Waals surface area contributed by atoms with Crippen LogP contribution in [0.5, 0.6) is 0 Å². The number of anilines is 1. The van der Waals surface area contributed by atoms with E-state index in [0.717, 1.165) is 6.26 Å². The Morgan fingerprint density at radius 3 is 2.54 bits per heavy atom. The minimum atomic E-state index is -3.40. The number of sulfonamides is 1. The number of nitrogen functional groups attached to an aromatic ring is 1. The van der Waals surface area contributed by atoms with Crippen LogP contribution in [0.3, 0.4) is 0 Å². The molecule has 0 aliphatic rings. The van der Waals surface area contributed by atoms with Gasteiger partial charge in [-0.15, -0.1) is 0 Å². The van der Waals surface area contributed by atoms with Crippen molar-refractivity contribution in [2.75, 3.05) is 18.5 Å². The van der Waals surface area contributed by atoms with Crippen LogP contribution >= 0.6 is 0 Å². The van der Waals surface area contributed by atoms with Crippen molar-refractivity contribution in [3.05, 3.63) is 88.4 Å². The number of amides is 1.